The Balaban J connectivity index is 2.17. The molecule has 0 aromatic heterocycles. The molecule has 22 heavy (non-hydrogen) atoms. The zero-order chi connectivity index (χ0) is 16.5. The third kappa shape index (κ3) is 3.81. The van der Waals surface area contributed by atoms with Crippen molar-refractivity contribution in [3.63, 3.8) is 0 Å². The van der Waals surface area contributed by atoms with Gasteiger partial charge < -0.3 is 0 Å². The molecule has 0 saturated carbocycles. The lowest BCUT2D eigenvalue weighted by atomic mass is 10.1. The summed E-state index contributed by atoms with van der Waals surface area (Å²) in [5.41, 5.74) is 0.0755. The Morgan fingerprint density at radius 3 is 2.64 bits per heavy atom. The third-order valence-corrected chi connectivity index (χ3v) is 6.96. The highest BCUT2D eigenvalue weighted by Crippen LogP contribution is 2.23. The molecule has 1 N–H and O–H groups in total. The molecule has 1 aliphatic rings. The number of rotatable bonds is 5. The van der Waals surface area contributed by atoms with E-state index in [4.69, 9.17) is 0 Å². The van der Waals surface area contributed by atoms with Crippen LogP contribution in [-0.4, -0.2) is 39.8 Å². The molecule has 0 spiro atoms. The fraction of sp³-hybridized carbons (Fsp3) is 0.500. The number of hydrogen-bond acceptors (Lipinski definition) is 6. The standard InChI is InChI=1S/C12H16N2O6S2/c1-9-2-3-11(14(15)16)6-12(9)22(19,20)13-7-10-4-5-21(17,18)8-10/h2-3,6,10,13H,4-5,7-8H2,1H3. The minimum atomic E-state index is -3.92. The summed E-state index contributed by atoms with van der Waals surface area (Å²) in [5.74, 6) is -0.239. The van der Waals surface area contributed by atoms with Gasteiger partial charge in [-0.2, -0.15) is 0 Å². The predicted octanol–water partition coefficient (Wildman–Crippen LogP) is 0.616. The van der Waals surface area contributed by atoms with Crippen molar-refractivity contribution in [3.8, 4) is 0 Å². The van der Waals surface area contributed by atoms with Gasteiger partial charge >= 0.3 is 0 Å². The smallest absolute Gasteiger partial charge is 0.258 e. The van der Waals surface area contributed by atoms with E-state index < -0.39 is 24.8 Å². The summed E-state index contributed by atoms with van der Waals surface area (Å²) >= 11 is 0. The highest BCUT2D eigenvalue weighted by molar-refractivity contribution is 7.91. The van der Waals surface area contributed by atoms with Crippen LogP contribution < -0.4 is 4.72 Å². The summed E-state index contributed by atoms with van der Waals surface area (Å²) in [4.78, 5) is 9.92. The number of benzene rings is 1. The van der Waals surface area contributed by atoms with E-state index in [0.29, 0.717) is 12.0 Å². The normalized spacial score (nSPS) is 20.9. The zero-order valence-corrected chi connectivity index (χ0v) is 13.5. The van der Waals surface area contributed by atoms with Gasteiger partial charge in [-0.05, 0) is 24.8 Å². The molecule has 0 radical (unpaired) electrons. The molecule has 1 aromatic rings. The van der Waals surface area contributed by atoms with Gasteiger partial charge in [0.15, 0.2) is 9.84 Å². The van der Waals surface area contributed by atoms with Gasteiger partial charge in [-0.1, -0.05) is 6.07 Å². The topological polar surface area (TPSA) is 123 Å². The van der Waals surface area contributed by atoms with E-state index in [1.807, 2.05) is 0 Å². The first-order valence-corrected chi connectivity index (χ1v) is 9.86. The number of nitro benzene ring substituents is 1. The lowest BCUT2D eigenvalue weighted by Gasteiger charge is -2.12. The highest BCUT2D eigenvalue weighted by atomic mass is 32.2. The van der Waals surface area contributed by atoms with Crippen LogP contribution in [0.2, 0.25) is 0 Å². The lowest BCUT2D eigenvalue weighted by Crippen LogP contribution is -2.30. The van der Waals surface area contributed by atoms with Gasteiger partial charge in [0.2, 0.25) is 10.0 Å². The summed E-state index contributed by atoms with van der Waals surface area (Å²) in [6.07, 6.45) is 0.415. The van der Waals surface area contributed by atoms with E-state index >= 15 is 0 Å². The molecule has 1 saturated heterocycles. The summed E-state index contributed by atoms with van der Waals surface area (Å²) in [5, 5.41) is 10.8. The first kappa shape index (κ1) is 16.8. The average molecular weight is 348 g/mol. The highest BCUT2D eigenvalue weighted by Gasteiger charge is 2.29. The maximum Gasteiger partial charge on any atom is 0.270 e. The molecule has 0 aliphatic carbocycles. The van der Waals surface area contributed by atoms with Crippen molar-refractivity contribution < 1.29 is 21.8 Å². The van der Waals surface area contributed by atoms with Gasteiger partial charge in [-0.3, -0.25) is 10.1 Å². The molecule has 0 amide bonds. The first-order chi connectivity index (χ1) is 10.1. The van der Waals surface area contributed by atoms with Crippen molar-refractivity contribution in [3.05, 3.63) is 33.9 Å². The Labute approximate surface area is 128 Å². The molecule has 8 nitrogen and oxygen atoms in total. The second-order valence-electron chi connectivity index (χ2n) is 5.33. The fourth-order valence-corrected chi connectivity index (χ4v) is 5.57. The number of non-ortho nitro benzene ring substituents is 1. The van der Waals surface area contributed by atoms with Crippen LogP contribution >= 0.6 is 0 Å². The van der Waals surface area contributed by atoms with E-state index in [1.54, 1.807) is 0 Å². The van der Waals surface area contributed by atoms with Crippen molar-refractivity contribution in [2.24, 2.45) is 5.92 Å². The Hall–Kier alpha value is -1.52. The quantitative estimate of drug-likeness (QED) is 0.614. The van der Waals surface area contributed by atoms with Gasteiger partial charge in [0.25, 0.3) is 5.69 Å². The van der Waals surface area contributed by atoms with E-state index in [1.165, 1.54) is 19.1 Å². The van der Waals surface area contributed by atoms with Crippen LogP contribution in [0, 0.1) is 23.0 Å². The number of nitrogens with one attached hydrogen (secondary N) is 1. The van der Waals surface area contributed by atoms with Crippen molar-refractivity contribution in [1.29, 1.82) is 0 Å². The van der Waals surface area contributed by atoms with Gasteiger partial charge in [0.05, 0.1) is 21.3 Å². The molecule has 0 bridgehead atoms. The van der Waals surface area contributed by atoms with Gasteiger partial charge in [0.1, 0.15) is 0 Å². The molecule has 2 rings (SSSR count). The largest absolute Gasteiger partial charge is 0.270 e. The Kier molecular flexibility index (Phi) is 4.54. The van der Waals surface area contributed by atoms with Crippen LogP contribution in [0.1, 0.15) is 12.0 Å². The Morgan fingerprint density at radius 1 is 1.41 bits per heavy atom. The van der Waals surface area contributed by atoms with Gasteiger partial charge in [-0.15, -0.1) is 0 Å². The second-order valence-corrected chi connectivity index (χ2v) is 9.29. The first-order valence-electron chi connectivity index (χ1n) is 6.56. The van der Waals surface area contributed by atoms with Crippen molar-refractivity contribution in [2.45, 2.75) is 18.2 Å². The fourth-order valence-electron chi connectivity index (χ4n) is 2.33. The third-order valence-electron chi connectivity index (χ3n) is 3.56. The molecule has 10 heteroatoms. The number of sulfonamides is 1. The number of nitro groups is 1. The molecule has 1 aromatic carbocycles. The van der Waals surface area contributed by atoms with Crippen molar-refractivity contribution in [2.75, 3.05) is 18.1 Å². The predicted molar refractivity (Wildman–Crippen MR) is 79.8 cm³/mol. The van der Waals surface area contributed by atoms with Crippen LogP contribution in [0.5, 0.6) is 0 Å². The van der Waals surface area contributed by atoms with Crippen molar-refractivity contribution in [1.82, 2.24) is 4.72 Å². The van der Waals surface area contributed by atoms with Crippen LogP contribution in [-0.2, 0) is 19.9 Å². The molecule has 1 atom stereocenters. The van der Waals surface area contributed by atoms with E-state index in [2.05, 4.69) is 4.72 Å². The number of aryl methyl sites for hydroxylation is 1. The number of sulfone groups is 1. The van der Waals surface area contributed by atoms with E-state index in [9.17, 15) is 26.9 Å². The van der Waals surface area contributed by atoms with Crippen LogP contribution in [0.3, 0.4) is 0 Å². The zero-order valence-electron chi connectivity index (χ0n) is 11.9. The minimum absolute atomic E-state index is 0.00367. The SMILES string of the molecule is Cc1ccc([N+](=O)[O-])cc1S(=O)(=O)NCC1CCS(=O)(=O)C1. The monoisotopic (exact) mass is 348 g/mol. The number of nitrogens with zero attached hydrogens (tertiary/aromatic N) is 1. The molecule has 1 unspecified atom stereocenters. The van der Waals surface area contributed by atoms with Crippen LogP contribution in [0.25, 0.3) is 0 Å². The number of hydrogen-bond donors (Lipinski definition) is 1. The Bertz CT molecular complexity index is 801. The Morgan fingerprint density at radius 2 is 2.09 bits per heavy atom. The average Bonchev–Trinajstić information content (AvgIpc) is 2.76. The molecule has 122 valence electrons. The summed E-state index contributed by atoms with van der Waals surface area (Å²) in [6.45, 7) is 1.54. The maximum absolute atomic E-state index is 12.3. The minimum Gasteiger partial charge on any atom is -0.258 e. The summed E-state index contributed by atoms with van der Waals surface area (Å²) in [6, 6.07) is 3.60. The summed E-state index contributed by atoms with van der Waals surface area (Å²) in [7, 11) is -7.00. The molecule has 1 heterocycles. The maximum atomic E-state index is 12.3. The lowest BCUT2D eigenvalue weighted by molar-refractivity contribution is -0.385. The molecular formula is C12H16N2O6S2. The molecule has 1 aliphatic heterocycles. The second kappa shape index (κ2) is 5.94. The molecule has 1 fully saturated rings. The van der Waals surface area contributed by atoms with Crippen LogP contribution in [0.4, 0.5) is 5.69 Å². The van der Waals surface area contributed by atoms with Crippen LogP contribution in [0.15, 0.2) is 23.1 Å². The van der Waals surface area contributed by atoms with E-state index in [0.717, 1.165) is 6.07 Å². The van der Waals surface area contributed by atoms with Crippen molar-refractivity contribution >= 4 is 25.5 Å². The van der Waals surface area contributed by atoms with Gasteiger partial charge in [-0.25, -0.2) is 21.6 Å². The molecular weight excluding hydrogens is 332 g/mol. The van der Waals surface area contributed by atoms with E-state index in [-0.39, 0.29) is 34.6 Å². The van der Waals surface area contributed by atoms with Gasteiger partial charge in [0, 0.05) is 18.7 Å². The summed E-state index contributed by atoms with van der Waals surface area (Å²) < 4.78 is 49.6.